The summed E-state index contributed by atoms with van der Waals surface area (Å²) in [5.74, 6) is -2.59. The maximum atomic E-state index is 12.4. The normalized spacial score (nSPS) is 20.2. The number of ether oxygens (including phenoxy) is 2. The molecule has 2 rings (SSSR count). The quantitative estimate of drug-likeness (QED) is 0.625. The van der Waals surface area contributed by atoms with Crippen molar-refractivity contribution in [1.29, 1.82) is 0 Å². The van der Waals surface area contributed by atoms with Gasteiger partial charge in [-0.05, 0) is 19.4 Å². The number of aliphatic imine (C=N–C) groups is 1. The molecule has 2 atom stereocenters. The minimum atomic E-state index is -0.797. The lowest BCUT2D eigenvalue weighted by atomic mass is 9.74. The molecule has 0 amide bonds. The van der Waals surface area contributed by atoms with Gasteiger partial charge >= 0.3 is 11.9 Å². The second-order valence-electron chi connectivity index (χ2n) is 5.47. The highest BCUT2D eigenvalue weighted by Gasteiger charge is 2.42. The van der Waals surface area contributed by atoms with Gasteiger partial charge in [0.05, 0.1) is 19.8 Å². The number of esters is 2. The van der Waals surface area contributed by atoms with E-state index in [0.29, 0.717) is 28.8 Å². The first kappa shape index (κ1) is 17.6. The van der Waals surface area contributed by atoms with E-state index in [1.54, 1.807) is 38.1 Å². The third-order valence-electron chi connectivity index (χ3n) is 4.15. The Bertz CT molecular complexity index is 748. The van der Waals surface area contributed by atoms with Gasteiger partial charge in [0.25, 0.3) is 0 Å². The number of nitrogens with zero attached hydrogens (tertiary/aromatic N) is 1. The fourth-order valence-corrected chi connectivity index (χ4v) is 3.08. The molecule has 0 N–H and O–H groups in total. The molecule has 1 aliphatic heterocycles. The van der Waals surface area contributed by atoms with Crippen LogP contribution in [0.15, 0.2) is 40.5 Å². The van der Waals surface area contributed by atoms with Crippen LogP contribution in [0.4, 0.5) is 0 Å². The summed E-state index contributed by atoms with van der Waals surface area (Å²) in [6.07, 6.45) is 0.703. The van der Waals surface area contributed by atoms with E-state index in [0.717, 1.165) is 0 Å². The first-order valence-electron chi connectivity index (χ1n) is 7.42. The van der Waals surface area contributed by atoms with Gasteiger partial charge in [0.1, 0.15) is 12.2 Å². The first-order valence-corrected chi connectivity index (χ1v) is 7.42. The molecule has 0 radical (unpaired) electrons. The number of hydrogen-bond donors (Lipinski definition) is 0. The summed E-state index contributed by atoms with van der Waals surface area (Å²) in [6.45, 7) is 3.38. The van der Waals surface area contributed by atoms with Gasteiger partial charge in [-0.2, -0.15) is 0 Å². The van der Waals surface area contributed by atoms with Gasteiger partial charge in [0.2, 0.25) is 0 Å². The van der Waals surface area contributed by atoms with Crippen molar-refractivity contribution in [2.24, 2.45) is 10.9 Å². The van der Waals surface area contributed by atoms with Gasteiger partial charge in [-0.3, -0.25) is 14.6 Å². The van der Waals surface area contributed by atoms with Gasteiger partial charge < -0.3 is 9.47 Å². The number of rotatable bonds is 4. The van der Waals surface area contributed by atoms with E-state index in [1.807, 2.05) is 0 Å². The van der Waals surface area contributed by atoms with Crippen molar-refractivity contribution in [2.45, 2.75) is 19.8 Å². The summed E-state index contributed by atoms with van der Waals surface area (Å²) in [4.78, 5) is 40.5. The van der Waals surface area contributed by atoms with E-state index >= 15 is 0 Å². The largest absolute Gasteiger partial charge is 0.468 e. The van der Waals surface area contributed by atoms with Gasteiger partial charge in [-0.1, -0.05) is 24.3 Å². The summed E-state index contributed by atoms with van der Waals surface area (Å²) < 4.78 is 9.78. The monoisotopic (exact) mass is 329 g/mol. The van der Waals surface area contributed by atoms with Crippen molar-refractivity contribution >= 4 is 23.9 Å². The fraction of sp³-hybridized carbons (Fsp3) is 0.333. The number of allylic oxidation sites excluding steroid dienone is 1. The Morgan fingerprint density at radius 2 is 1.79 bits per heavy atom. The molecular weight excluding hydrogens is 310 g/mol. The topological polar surface area (TPSA) is 82.0 Å². The number of carbonyl (C=O) groups excluding carboxylic acids is 3. The summed E-state index contributed by atoms with van der Waals surface area (Å²) in [5, 5.41) is 0. The molecule has 126 valence electrons. The van der Waals surface area contributed by atoms with Crippen LogP contribution in [-0.2, 0) is 19.1 Å². The summed E-state index contributed by atoms with van der Waals surface area (Å²) >= 11 is 0. The Balaban J connectivity index is 2.75. The van der Waals surface area contributed by atoms with Crippen LogP contribution in [-0.4, -0.2) is 38.2 Å². The SMILES string of the molecule is COC(=O)C1=C(C)N=C(C)C(C(=O)OC)C1c1ccccc1C=O. The van der Waals surface area contributed by atoms with E-state index in [9.17, 15) is 14.4 Å². The number of benzene rings is 1. The molecule has 1 aliphatic rings. The lowest BCUT2D eigenvalue weighted by Gasteiger charge is -2.31. The number of carbonyl (C=O) groups is 3. The Morgan fingerprint density at radius 1 is 1.12 bits per heavy atom. The van der Waals surface area contributed by atoms with Crippen LogP contribution in [0, 0.1) is 5.92 Å². The second kappa shape index (κ2) is 7.21. The molecule has 1 aromatic rings. The van der Waals surface area contributed by atoms with E-state index in [-0.39, 0.29) is 5.57 Å². The second-order valence-corrected chi connectivity index (χ2v) is 5.47. The maximum Gasteiger partial charge on any atom is 0.336 e. The average molecular weight is 329 g/mol. The highest BCUT2D eigenvalue weighted by molar-refractivity contribution is 6.07. The Labute approximate surface area is 140 Å². The number of aldehydes is 1. The molecule has 0 bridgehead atoms. The first-order chi connectivity index (χ1) is 11.5. The van der Waals surface area contributed by atoms with Crippen LogP contribution < -0.4 is 0 Å². The fourth-order valence-electron chi connectivity index (χ4n) is 3.08. The van der Waals surface area contributed by atoms with Crippen LogP contribution >= 0.6 is 0 Å². The lowest BCUT2D eigenvalue weighted by molar-refractivity contribution is -0.143. The molecule has 0 aromatic heterocycles. The van der Waals surface area contributed by atoms with Crippen LogP contribution in [0.1, 0.15) is 35.7 Å². The zero-order valence-corrected chi connectivity index (χ0v) is 14.0. The minimum Gasteiger partial charge on any atom is -0.468 e. The average Bonchev–Trinajstić information content (AvgIpc) is 2.59. The zero-order valence-electron chi connectivity index (χ0n) is 14.0. The molecule has 1 aromatic carbocycles. The van der Waals surface area contributed by atoms with Gasteiger partial charge in [-0.25, -0.2) is 4.79 Å². The van der Waals surface area contributed by atoms with E-state index in [2.05, 4.69) is 4.99 Å². The van der Waals surface area contributed by atoms with Crippen molar-refractivity contribution in [3.8, 4) is 0 Å². The van der Waals surface area contributed by atoms with E-state index < -0.39 is 23.8 Å². The van der Waals surface area contributed by atoms with E-state index in [4.69, 9.17) is 9.47 Å². The minimum absolute atomic E-state index is 0.257. The predicted molar refractivity (Wildman–Crippen MR) is 87.9 cm³/mol. The maximum absolute atomic E-state index is 12.4. The summed E-state index contributed by atoms with van der Waals surface area (Å²) in [6, 6.07) is 6.83. The Kier molecular flexibility index (Phi) is 5.28. The smallest absolute Gasteiger partial charge is 0.336 e. The zero-order chi connectivity index (χ0) is 17.9. The van der Waals surface area contributed by atoms with Crippen molar-refractivity contribution in [3.05, 3.63) is 46.7 Å². The molecule has 2 unspecified atom stereocenters. The van der Waals surface area contributed by atoms with Gasteiger partial charge in [0.15, 0.2) is 0 Å². The van der Waals surface area contributed by atoms with Crippen LogP contribution in [0.5, 0.6) is 0 Å². The van der Waals surface area contributed by atoms with E-state index in [1.165, 1.54) is 14.2 Å². The Morgan fingerprint density at radius 3 is 2.38 bits per heavy atom. The molecular formula is C18H19NO5. The third-order valence-corrected chi connectivity index (χ3v) is 4.15. The number of hydrogen-bond acceptors (Lipinski definition) is 6. The molecule has 0 saturated heterocycles. The standard InChI is InChI=1S/C18H19NO5/c1-10-14(17(21)23-3)16(13-8-6-5-7-12(13)9-20)15(11(2)19-10)18(22)24-4/h5-9,14,16H,1-4H3. The Hall–Kier alpha value is -2.76. The summed E-state index contributed by atoms with van der Waals surface area (Å²) in [5.41, 5.74) is 2.22. The van der Waals surface area contributed by atoms with Gasteiger partial charge in [-0.15, -0.1) is 0 Å². The van der Waals surface area contributed by atoms with Crippen LogP contribution in [0.3, 0.4) is 0 Å². The molecule has 6 nitrogen and oxygen atoms in total. The molecule has 0 spiro atoms. The van der Waals surface area contributed by atoms with Crippen LogP contribution in [0.2, 0.25) is 0 Å². The molecule has 0 fully saturated rings. The predicted octanol–water partition coefficient (Wildman–Crippen LogP) is 2.29. The van der Waals surface area contributed by atoms with Crippen molar-refractivity contribution in [2.75, 3.05) is 14.2 Å². The van der Waals surface area contributed by atoms with Gasteiger partial charge in [0, 0.05) is 22.9 Å². The summed E-state index contributed by atoms with van der Waals surface area (Å²) in [7, 11) is 2.55. The van der Waals surface area contributed by atoms with Crippen molar-refractivity contribution in [3.63, 3.8) is 0 Å². The molecule has 24 heavy (non-hydrogen) atoms. The lowest BCUT2D eigenvalue weighted by Crippen LogP contribution is -2.36. The molecule has 6 heteroatoms. The number of methoxy groups -OCH3 is 2. The van der Waals surface area contributed by atoms with Crippen molar-refractivity contribution < 1.29 is 23.9 Å². The van der Waals surface area contributed by atoms with Crippen LogP contribution in [0.25, 0.3) is 0 Å². The van der Waals surface area contributed by atoms with Crippen molar-refractivity contribution in [1.82, 2.24) is 0 Å². The molecule has 0 saturated carbocycles. The molecule has 1 heterocycles. The highest BCUT2D eigenvalue weighted by Crippen LogP contribution is 2.40. The third kappa shape index (κ3) is 2.99. The molecule has 0 aliphatic carbocycles. The highest BCUT2D eigenvalue weighted by atomic mass is 16.5.